The van der Waals surface area contributed by atoms with Gasteiger partial charge in [-0.2, -0.15) is 0 Å². The van der Waals surface area contributed by atoms with E-state index in [1.54, 1.807) is 0 Å². The van der Waals surface area contributed by atoms with Gasteiger partial charge in [0.1, 0.15) is 11.3 Å². The summed E-state index contributed by atoms with van der Waals surface area (Å²) >= 11 is 0. The number of hydrogen-bond donors (Lipinski definition) is 9. The van der Waals surface area contributed by atoms with Crippen molar-refractivity contribution in [3.63, 3.8) is 0 Å². The number of benzene rings is 2. The lowest BCUT2D eigenvalue weighted by Crippen LogP contribution is -2.43. The lowest BCUT2D eigenvalue weighted by Gasteiger charge is -2.28. The van der Waals surface area contributed by atoms with Crippen molar-refractivity contribution in [1.29, 1.82) is 0 Å². The summed E-state index contributed by atoms with van der Waals surface area (Å²) in [6, 6.07) is 3.82. The Balaban J connectivity index is 2.42. The molecule has 0 radical (unpaired) electrons. The number of carboxylic acid groups (broad SMARTS) is 1. The van der Waals surface area contributed by atoms with Crippen molar-refractivity contribution < 1.29 is 55.5 Å². The Morgan fingerprint density at radius 3 is 2.24 bits per heavy atom. The number of carboxylic acids is 1. The molecule has 33 heavy (non-hydrogen) atoms. The fourth-order valence-electron chi connectivity index (χ4n) is 3.41. The molecule has 0 unspecified atom stereocenters. The molecule has 1 aliphatic heterocycles. The van der Waals surface area contributed by atoms with Crippen LogP contribution in [-0.4, -0.2) is 76.8 Å². The maximum atomic E-state index is 11.2. The topological polar surface area (TPSA) is 212 Å². The highest BCUT2D eigenvalue weighted by Gasteiger charge is 2.44. The van der Waals surface area contributed by atoms with E-state index in [2.05, 4.69) is 0 Å². The fraction of sp³-hybridized carbons (Fsp3) is 0.286. The number of hydrogen-bond acceptors (Lipinski definition) is 11. The minimum absolute atomic E-state index is 0.0330. The zero-order valence-corrected chi connectivity index (χ0v) is 17.5. The van der Waals surface area contributed by atoms with Crippen LogP contribution in [0.25, 0.3) is 5.57 Å². The van der Waals surface area contributed by atoms with Gasteiger partial charge in [0, 0.05) is 17.5 Å². The molecule has 0 saturated carbocycles. The Hall–Kier alpha value is -3.55. The summed E-state index contributed by atoms with van der Waals surface area (Å²) in [5.41, 5.74) is -1.53. The SMILES string of the molecule is CN(C)C(O)(O)CC=C1c2cc(CC(=O)O)ccc2OC(O)(O)c2c(O)c(O)c(O)c(O)c21. The van der Waals surface area contributed by atoms with E-state index in [1.165, 1.54) is 32.3 Å². The minimum atomic E-state index is -3.34. The van der Waals surface area contributed by atoms with Crippen molar-refractivity contribution in [2.75, 3.05) is 14.1 Å². The standard InChI is InChI=1S/C21H23NO11/c1-22(2)20(29,30)6-5-10-11-7-9(8-13(23)24)3-4-12(11)33-21(31,32)15-14(10)16(25)18(27)19(28)17(15)26/h3-5,7,25-32H,6,8H2,1-2H3,(H,23,24). The molecule has 2 aromatic carbocycles. The number of phenolic OH excluding ortho intramolecular Hbond substituents is 4. The highest BCUT2D eigenvalue weighted by molar-refractivity contribution is 5.91. The Morgan fingerprint density at radius 2 is 1.67 bits per heavy atom. The van der Waals surface area contributed by atoms with Crippen molar-refractivity contribution in [1.82, 2.24) is 4.90 Å². The molecule has 0 bridgehead atoms. The summed E-state index contributed by atoms with van der Waals surface area (Å²) in [5, 5.41) is 91.6. The van der Waals surface area contributed by atoms with Gasteiger partial charge in [0.2, 0.25) is 17.4 Å². The first kappa shape index (κ1) is 24.1. The number of ether oxygens (including phenoxy) is 1. The Kier molecular flexibility index (Phi) is 5.91. The first-order valence-electron chi connectivity index (χ1n) is 9.49. The summed E-state index contributed by atoms with van der Waals surface area (Å²) in [4.78, 5) is 12.2. The molecule has 0 saturated heterocycles. The molecule has 0 spiro atoms. The molecular weight excluding hydrogens is 442 g/mol. The van der Waals surface area contributed by atoms with E-state index in [4.69, 9.17) is 9.84 Å². The Morgan fingerprint density at radius 1 is 1.06 bits per heavy atom. The largest absolute Gasteiger partial charge is 0.504 e. The highest BCUT2D eigenvalue weighted by Crippen LogP contribution is 2.55. The monoisotopic (exact) mass is 465 g/mol. The molecule has 1 heterocycles. The second-order valence-corrected chi connectivity index (χ2v) is 7.75. The molecule has 3 rings (SSSR count). The molecule has 1 aliphatic rings. The van der Waals surface area contributed by atoms with Gasteiger partial charge in [0.25, 0.3) is 0 Å². The normalized spacial score (nSPS) is 16.2. The van der Waals surface area contributed by atoms with Gasteiger partial charge in [-0.05, 0) is 37.4 Å². The predicted octanol–water partition coefficient (Wildman–Crippen LogP) is -0.355. The van der Waals surface area contributed by atoms with Gasteiger partial charge in [-0.15, -0.1) is 0 Å². The maximum absolute atomic E-state index is 11.2. The third-order valence-electron chi connectivity index (χ3n) is 5.23. The number of fused-ring (bicyclic) bond motifs is 2. The second kappa shape index (κ2) is 8.10. The molecule has 0 amide bonds. The molecule has 0 fully saturated rings. The van der Waals surface area contributed by atoms with Gasteiger partial charge in [0.15, 0.2) is 11.5 Å². The van der Waals surface area contributed by atoms with E-state index in [0.717, 1.165) is 11.0 Å². The summed E-state index contributed by atoms with van der Waals surface area (Å²) in [5.74, 6) is -11.9. The van der Waals surface area contributed by atoms with E-state index in [1.807, 2.05) is 0 Å². The number of aliphatic hydroxyl groups is 4. The molecule has 12 nitrogen and oxygen atoms in total. The van der Waals surface area contributed by atoms with Crippen molar-refractivity contribution in [3.05, 3.63) is 46.5 Å². The second-order valence-electron chi connectivity index (χ2n) is 7.75. The van der Waals surface area contributed by atoms with Crippen molar-refractivity contribution in [3.8, 4) is 28.7 Å². The van der Waals surface area contributed by atoms with Crippen LogP contribution in [0.3, 0.4) is 0 Å². The van der Waals surface area contributed by atoms with Crippen LogP contribution in [0.2, 0.25) is 0 Å². The van der Waals surface area contributed by atoms with E-state index >= 15 is 0 Å². The van der Waals surface area contributed by atoms with E-state index in [-0.39, 0.29) is 22.4 Å². The molecule has 0 aromatic heterocycles. The molecule has 2 aromatic rings. The van der Waals surface area contributed by atoms with E-state index in [0.29, 0.717) is 0 Å². The van der Waals surface area contributed by atoms with E-state index < -0.39 is 64.8 Å². The highest BCUT2D eigenvalue weighted by atomic mass is 16.8. The fourth-order valence-corrected chi connectivity index (χ4v) is 3.41. The lowest BCUT2D eigenvalue weighted by molar-refractivity contribution is -0.304. The maximum Gasteiger partial charge on any atom is 0.355 e. The van der Waals surface area contributed by atoms with Gasteiger partial charge in [-0.25, -0.2) is 0 Å². The van der Waals surface area contributed by atoms with Gasteiger partial charge in [-0.1, -0.05) is 12.1 Å². The Bertz CT molecular complexity index is 1150. The summed E-state index contributed by atoms with van der Waals surface area (Å²) in [6.45, 7) is 0. The number of aliphatic carboxylic acids is 1. The molecule has 9 N–H and O–H groups in total. The van der Waals surface area contributed by atoms with Gasteiger partial charge in [0.05, 0.1) is 6.42 Å². The molecule has 178 valence electrons. The van der Waals surface area contributed by atoms with Crippen molar-refractivity contribution in [2.45, 2.75) is 24.7 Å². The van der Waals surface area contributed by atoms with Crippen LogP contribution in [0.4, 0.5) is 0 Å². The van der Waals surface area contributed by atoms with Crippen LogP contribution in [0, 0.1) is 0 Å². The van der Waals surface area contributed by atoms with Crippen molar-refractivity contribution in [2.24, 2.45) is 0 Å². The van der Waals surface area contributed by atoms with Gasteiger partial charge < -0.3 is 50.7 Å². The van der Waals surface area contributed by atoms with Crippen molar-refractivity contribution >= 4 is 11.5 Å². The number of aromatic hydroxyl groups is 4. The van der Waals surface area contributed by atoms with Crippen LogP contribution >= 0.6 is 0 Å². The average Bonchev–Trinajstić information content (AvgIpc) is 2.79. The van der Waals surface area contributed by atoms with Gasteiger partial charge >= 0.3 is 11.9 Å². The summed E-state index contributed by atoms with van der Waals surface area (Å²) in [7, 11) is 2.72. The number of carbonyl (C=O) groups is 1. The predicted molar refractivity (Wildman–Crippen MR) is 110 cm³/mol. The number of nitrogens with zero attached hydrogens (tertiary/aromatic N) is 1. The van der Waals surface area contributed by atoms with Crippen LogP contribution < -0.4 is 4.74 Å². The zero-order valence-electron chi connectivity index (χ0n) is 17.5. The smallest absolute Gasteiger partial charge is 0.355 e. The first-order valence-corrected chi connectivity index (χ1v) is 9.49. The lowest BCUT2D eigenvalue weighted by atomic mass is 9.89. The van der Waals surface area contributed by atoms with E-state index in [9.17, 15) is 45.6 Å². The number of rotatable bonds is 5. The first-order chi connectivity index (χ1) is 15.2. The quantitative estimate of drug-likeness (QED) is 0.157. The zero-order chi connectivity index (χ0) is 24.9. The summed E-state index contributed by atoms with van der Waals surface area (Å²) < 4.78 is 5.19. The van der Waals surface area contributed by atoms with Crippen LogP contribution in [0.5, 0.6) is 28.7 Å². The third kappa shape index (κ3) is 4.25. The molecule has 12 heteroatoms. The average molecular weight is 465 g/mol. The van der Waals surface area contributed by atoms with Crippen LogP contribution in [0.15, 0.2) is 24.3 Å². The third-order valence-corrected chi connectivity index (χ3v) is 5.23. The number of phenols is 4. The van der Waals surface area contributed by atoms with Gasteiger partial charge in [-0.3, -0.25) is 9.69 Å². The molecule has 0 aliphatic carbocycles. The molecule has 0 atom stereocenters. The minimum Gasteiger partial charge on any atom is -0.504 e. The van der Waals surface area contributed by atoms with Crippen LogP contribution in [-0.2, 0) is 17.2 Å². The molecular formula is C21H23NO11. The summed E-state index contributed by atoms with van der Waals surface area (Å²) in [6.07, 6.45) is 0.169. The Labute approximate surface area is 186 Å². The van der Waals surface area contributed by atoms with Crippen LogP contribution in [0.1, 0.15) is 28.7 Å².